The van der Waals surface area contributed by atoms with E-state index in [1.807, 2.05) is 0 Å². The second-order valence-electron chi connectivity index (χ2n) is 3.50. The van der Waals surface area contributed by atoms with E-state index in [2.05, 4.69) is 4.98 Å². The van der Waals surface area contributed by atoms with E-state index in [1.165, 1.54) is 25.3 Å². The summed E-state index contributed by atoms with van der Waals surface area (Å²) < 4.78 is 40.5. The van der Waals surface area contributed by atoms with Gasteiger partial charge in [0.25, 0.3) is 0 Å². The lowest BCUT2D eigenvalue weighted by Crippen LogP contribution is -2.09. The van der Waals surface area contributed by atoms with Gasteiger partial charge in [-0.1, -0.05) is 0 Å². The maximum Gasteiger partial charge on any atom is 0.389 e. The second-order valence-corrected chi connectivity index (χ2v) is 3.50. The molecule has 0 fully saturated rings. The molecule has 0 saturated heterocycles. The average molecular weight is 247 g/mol. The van der Waals surface area contributed by atoms with E-state index in [4.69, 9.17) is 4.74 Å². The van der Waals surface area contributed by atoms with Crippen LogP contribution in [0.5, 0.6) is 5.75 Å². The number of ether oxygens (including phenoxy) is 1. The number of hydrogen-bond donors (Lipinski definition) is 0. The molecule has 0 spiro atoms. The molecule has 0 aliphatic carbocycles. The molecule has 17 heavy (non-hydrogen) atoms. The van der Waals surface area contributed by atoms with Crippen molar-refractivity contribution >= 4 is 5.78 Å². The first kappa shape index (κ1) is 13.5. The molecule has 1 aromatic rings. The molecule has 0 aromatic carbocycles. The lowest BCUT2D eigenvalue weighted by atomic mass is 10.3. The highest BCUT2D eigenvalue weighted by Crippen LogP contribution is 2.21. The Bertz CT molecular complexity index is 373. The fourth-order valence-electron chi connectivity index (χ4n) is 1.14. The van der Waals surface area contributed by atoms with E-state index in [1.54, 1.807) is 0 Å². The van der Waals surface area contributed by atoms with E-state index < -0.39 is 12.6 Å². The standard InChI is InChI=1S/C11H12F3NO2/c1-8(16)10-4-3-9(7-15-10)17-6-2-5-11(12,13)14/h3-4,7H,2,5-6H2,1H3. The van der Waals surface area contributed by atoms with Crippen molar-refractivity contribution in [3.05, 3.63) is 24.0 Å². The molecule has 1 rings (SSSR count). The summed E-state index contributed by atoms with van der Waals surface area (Å²) in [6.45, 7) is 1.35. The van der Waals surface area contributed by atoms with Gasteiger partial charge in [0, 0.05) is 13.3 Å². The SMILES string of the molecule is CC(=O)c1ccc(OCCCC(F)(F)F)cn1. The topological polar surface area (TPSA) is 39.2 Å². The van der Waals surface area contributed by atoms with Crippen LogP contribution in [0.1, 0.15) is 30.3 Å². The van der Waals surface area contributed by atoms with Crippen molar-refractivity contribution in [1.82, 2.24) is 4.98 Å². The number of nitrogens with zero attached hydrogens (tertiary/aromatic N) is 1. The Balaban J connectivity index is 2.35. The number of ketones is 1. The Morgan fingerprint density at radius 1 is 1.41 bits per heavy atom. The van der Waals surface area contributed by atoms with Crippen molar-refractivity contribution in [3.63, 3.8) is 0 Å². The monoisotopic (exact) mass is 247 g/mol. The first-order valence-corrected chi connectivity index (χ1v) is 5.05. The molecule has 1 aromatic heterocycles. The highest BCUT2D eigenvalue weighted by Gasteiger charge is 2.26. The third kappa shape index (κ3) is 5.33. The van der Waals surface area contributed by atoms with Crippen LogP contribution in [0, 0.1) is 0 Å². The minimum absolute atomic E-state index is 0.0272. The smallest absolute Gasteiger partial charge is 0.389 e. The van der Waals surface area contributed by atoms with E-state index in [9.17, 15) is 18.0 Å². The highest BCUT2D eigenvalue weighted by molar-refractivity contribution is 5.92. The van der Waals surface area contributed by atoms with E-state index >= 15 is 0 Å². The summed E-state index contributed by atoms with van der Waals surface area (Å²) in [6, 6.07) is 2.98. The van der Waals surface area contributed by atoms with Crippen LogP contribution in [-0.4, -0.2) is 23.6 Å². The zero-order chi connectivity index (χ0) is 12.9. The number of carbonyl (C=O) groups is 1. The van der Waals surface area contributed by atoms with Crippen molar-refractivity contribution in [2.75, 3.05) is 6.61 Å². The normalized spacial score (nSPS) is 11.3. The fraction of sp³-hybridized carbons (Fsp3) is 0.455. The van der Waals surface area contributed by atoms with E-state index in [0.29, 0.717) is 11.4 Å². The molecule has 0 bridgehead atoms. The number of halogens is 3. The van der Waals surface area contributed by atoms with Gasteiger partial charge in [-0.3, -0.25) is 4.79 Å². The molecule has 0 radical (unpaired) electrons. The van der Waals surface area contributed by atoms with Gasteiger partial charge in [0.15, 0.2) is 5.78 Å². The van der Waals surface area contributed by atoms with Crippen molar-refractivity contribution in [2.24, 2.45) is 0 Å². The third-order valence-electron chi connectivity index (χ3n) is 1.97. The number of pyridine rings is 1. The Hall–Kier alpha value is -1.59. The molecular weight excluding hydrogens is 235 g/mol. The first-order chi connectivity index (χ1) is 7.88. The average Bonchev–Trinajstić information content (AvgIpc) is 2.24. The molecule has 3 nitrogen and oxygen atoms in total. The summed E-state index contributed by atoms with van der Waals surface area (Å²) in [6.07, 6.45) is -3.80. The van der Waals surface area contributed by atoms with Crippen molar-refractivity contribution in [3.8, 4) is 5.75 Å². The van der Waals surface area contributed by atoms with Crippen LogP contribution in [0.25, 0.3) is 0 Å². The van der Waals surface area contributed by atoms with Crippen molar-refractivity contribution in [2.45, 2.75) is 25.9 Å². The lowest BCUT2D eigenvalue weighted by molar-refractivity contribution is -0.136. The summed E-state index contributed by atoms with van der Waals surface area (Å²) in [5.74, 6) is 0.186. The van der Waals surface area contributed by atoms with Gasteiger partial charge in [0.05, 0.1) is 12.8 Å². The minimum Gasteiger partial charge on any atom is -0.492 e. The second kappa shape index (κ2) is 5.65. The van der Waals surface area contributed by atoms with Gasteiger partial charge in [-0.05, 0) is 18.6 Å². The fourth-order valence-corrected chi connectivity index (χ4v) is 1.14. The maximum absolute atomic E-state index is 11.8. The Kier molecular flexibility index (Phi) is 4.48. The highest BCUT2D eigenvalue weighted by atomic mass is 19.4. The molecule has 0 saturated carbocycles. The Morgan fingerprint density at radius 2 is 2.12 bits per heavy atom. The summed E-state index contributed by atoms with van der Waals surface area (Å²) in [5.41, 5.74) is 0.299. The van der Waals surface area contributed by atoms with Crippen LogP contribution in [0.2, 0.25) is 0 Å². The quantitative estimate of drug-likeness (QED) is 0.593. The molecule has 94 valence electrons. The number of carbonyl (C=O) groups excluding carboxylic acids is 1. The van der Waals surface area contributed by atoms with Gasteiger partial charge in [-0.25, -0.2) is 4.98 Å². The Morgan fingerprint density at radius 3 is 2.59 bits per heavy atom. The number of rotatable bonds is 5. The molecule has 0 aliphatic rings. The lowest BCUT2D eigenvalue weighted by Gasteiger charge is -2.07. The maximum atomic E-state index is 11.8. The summed E-state index contributed by atoms with van der Waals surface area (Å²) in [4.78, 5) is 14.7. The third-order valence-corrected chi connectivity index (χ3v) is 1.97. The van der Waals surface area contributed by atoms with Gasteiger partial charge in [-0.15, -0.1) is 0 Å². The van der Waals surface area contributed by atoms with Crippen molar-refractivity contribution < 1.29 is 22.7 Å². The van der Waals surface area contributed by atoms with E-state index in [0.717, 1.165) is 0 Å². The first-order valence-electron chi connectivity index (χ1n) is 5.05. The molecule has 0 aliphatic heterocycles. The number of hydrogen-bond acceptors (Lipinski definition) is 3. The predicted octanol–water partition coefficient (Wildman–Crippen LogP) is 3.01. The zero-order valence-electron chi connectivity index (χ0n) is 9.25. The molecule has 0 N–H and O–H groups in total. The number of aromatic nitrogens is 1. The van der Waals surface area contributed by atoms with Gasteiger partial charge in [0.1, 0.15) is 11.4 Å². The van der Waals surface area contributed by atoms with Crippen LogP contribution in [0.3, 0.4) is 0 Å². The predicted molar refractivity (Wildman–Crippen MR) is 55.0 cm³/mol. The molecular formula is C11H12F3NO2. The molecule has 1 heterocycles. The Labute approximate surface area is 96.6 Å². The van der Waals surface area contributed by atoms with Gasteiger partial charge in [0.2, 0.25) is 0 Å². The summed E-state index contributed by atoms with van der Waals surface area (Å²) in [5, 5.41) is 0. The molecule has 6 heteroatoms. The minimum atomic E-state index is -4.15. The van der Waals surface area contributed by atoms with Crippen LogP contribution < -0.4 is 4.74 Å². The van der Waals surface area contributed by atoms with Gasteiger partial charge < -0.3 is 4.74 Å². The molecule has 0 atom stereocenters. The van der Waals surface area contributed by atoms with Crippen LogP contribution >= 0.6 is 0 Å². The van der Waals surface area contributed by atoms with Crippen LogP contribution in [0.15, 0.2) is 18.3 Å². The van der Waals surface area contributed by atoms with Crippen LogP contribution in [-0.2, 0) is 0 Å². The zero-order valence-corrected chi connectivity index (χ0v) is 9.25. The molecule has 0 amide bonds. The number of Topliss-reactive ketones (excluding diaryl/α,β-unsaturated/α-hetero) is 1. The largest absolute Gasteiger partial charge is 0.492 e. The van der Waals surface area contributed by atoms with Gasteiger partial charge in [-0.2, -0.15) is 13.2 Å². The summed E-state index contributed by atoms with van der Waals surface area (Å²) in [7, 11) is 0. The van der Waals surface area contributed by atoms with E-state index in [-0.39, 0.29) is 18.8 Å². The van der Waals surface area contributed by atoms with Crippen LogP contribution in [0.4, 0.5) is 13.2 Å². The van der Waals surface area contributed by atoms with Crippen molar-refractivity contribution in [1.29, 1.82) is 0 Å². The summed E-state index contributed by atoms with van der Waals surface area (Å²) >= 11 is 0. The molecule has 0 unspecified atom stereocenters. The van der Waals surface area contributed by atoms with Gasteiger partial charge >= 0.3 is 6.18 Å². The number of alkyl halides is 3.